The molecule has 0 saturated carbocycles. The third-order valence-corrected chi connectivity index (χ3v) is 2.64. The maximum atomic E-state index is 7.33. The summed E-state index contributed by atoms with van der Waals surface area (Å²) in [6.07, 6.45) is 2.00. The van der Waals surface area contributed by atoms with E-state index in [0.717, 1.165) is 52.4 Å². The number of hydrogen-bond acceptors (Lipinski definition) is 9. The van der Waals surface area contributed by atoms with E-state index in [-0.39, 0.29) is 0 Å². The first-order chi connectivity index (χ1) is 15.9. The lowest BCUT2D eigenvalue weighted by Crippen LogP contribution is -2.29. The first-order valence-corrected chi connectivity index (χ1v) is 12.4. The molecule has 216 valence electrons. The van der Waals surface area contributed by atoms with Gasteiger partial charge in [-0.1, -0.05) is 54.5 Å². The fourth-order valence-electron chi connectivity index (χ4n) is 1.00. The van der Waals surface area contributed by atoms with Crippen LogP contribution in [0.15, 0.2) is 12.8 Å². The Bertz CT molecular complexity index is 268. The van der Waals surface area contributed by atoms with Gasteiger partial charge in [-0.2, -0.15) is 0 Å². The second-order valence-corrected chi connectivity index (χ2v) is 7.60. The predicted octanol–water partition coefficient (Wildman–Crippen LogP) is 3.15. The zero-order valence-electron chi connectivity index (χ0n) is 25.9. The van der Waals surface area contributed by atoms with Crippen molar-refractivity contribution >= 4 is 0 Å². The average Bonchev–Trinajstić information content (AvgIpc) is 2.75. The van der Waals surface area contributed by atoms with Crippen LogP contribution in [0, 0.1) is 0 Å². The van der Waals surface area contributed by atoms with Gasteiger partial charge in [-0.25, -0.2) is 0 Å². The number of ether oxygens (including phenoxy) is 1. The highest BCUT2D eigenvalue weighted by Gasteiger charge is 1.92. The summed E-state index contributed by atoms with van der Waals surface area (Å²) in [5, 5.41) is 10.2. The molecule has 0 amide bonds. The van der Waals surface area contributed by atoms with Gasteiger partial charge in [0, 0.05) is 19.9 Å². The minimum atomic E-state index is 0.594. The van der Waals surface area contributed by atoms with Crippen molar-refractivity contribution in [2.45, 2.75) is 54.9 Å². The molecule has 0 fully saturated rings. The predicted molar refractivity (Wildman–Crippen MR) is 158 cm³/mol. The lowest BCUT2D eigenvalue weighted by molar-refractivity contribution is 0.0650. The summed E-state index contributed by atoms with van der Waals surface area (Å²) in [6.45, 7) is 24.5. The van der Waals surface area contributed by atoms with Gasteiger partial charge in [-0.15, -0.1) is 0 Å². The molecular weight excluding hydrogens is 430 g/mol. The van der Waals surface area contributed by atoms with E-state index >= 15 is 0 Å². The van der Waals surface area contributed by atoms with E-state index < -0.39 is 0 Å². The van der Waals surface area contributed by atoms with Crippen molar-refractivity contribution in [3.8, 4) is 0 Å². The Morgan fingerprint density at radius 2 is 1.15 bits per heavy atom. The summed E-state index contributed by atoms with van der Waals surface area (Å²) in [4.78, 5) is 8.52. The maximum absolute atomic E-state index is 7.33. The number of nitrogens with one attached hydrogen (secondary N) is 1. The Morgan fingerprint density at radius 3 is 1.21 bits per heavy atom. The zero-order valence-corrected chi connectivity index (χ0v) is 25.9. The fourth-order valence-corrected chi connectivity index (χ4v) is 1.00. The molecule has 0 aliphatic heterocycles. The third-order valence-electron chi connectivity index (χ3n) is 2.64. The van der Waals surface area contributed by atoms with Crippen LogP contribution in [0.3, 0.4) is 0 Å². The number of aliphatic hydroxyl groups excluding tert-OH is 1. The molecular formula is C25H69N7O2. The van der Waals surface area contributed by atoms with Gasteiger partial charge in [-0.05, 0) is 82.4 Å². The van der Waals surface area contributed by atoms with Crippen molar-refractivity contribution in [2.75, 3.05) is 102 Å². The maximum Gasteiger partial charge on any atom is 0.0985 e. The number of nitrogens with zero attached hydrogens (tertiary/aromatic N) is 4. The minimum Gasteiger partial charge on any atom is -0.516 e. The van der Waals surface area contributed by atoms with Gasteiger partial charge in [0.05, 0.1) is 13.0 Å². The highest BCUT2D eigenvalue weighted by molar-refractivity contribution is 4.42. The summed E-state index contributed by atoms with van der Waals surface area (Å²) >= 11 is 0. The Morgan fingerprint density at radius 1 is 0.794 bits per heavy atom. The third kappa shape index (κ3) is 163. The quantitative estimate of drug-likeness (QED) is 0.281. The van der Waals surface area contributed by atoms with Gasteiger partial charge < -0.3 is 31.5 Å². The highest BCUT2D eigenvalue weighted by atomic mass is 16.5. The van der Waals surface area contributed by atoms with E-state index in [1.54, 1.807) is 0 Å². The Balaban J connectivity index is -0.0000000519. The van der Waals surface area contributed by atoms with Crippen LogP contribution in [-0.4, -0.2) is 127 Å². The van der Waals surface area contributed by atoms with E-state index in [1.807, 2.05) is 39.8 Å². The van der Waals surface area contributed by atoms with Gasteiger partial charge in [0.25, 0.3) is 0 Å². The summed E-state index contributed by atoms with van der Waals surface area (Å²) in [6, 6.07) is 0. The molecule has 0 aliphatic carbocycles. The monoisotopic (exact) mass is 500 g/mol. The lowest BCUT2D eigenvalue weighted by atomic mass is 10.6. The van der Waals surface area contributed by atoms with Gasteiger partial charge in [0.15, 0.2) is 0 Å². The molecule has 0 spiro atoms. The van der Waals surface area contributed by atoms with Gasteiger partial charge in [-0.3, -0.25) is 14.7 Å². The average molecular weight is 500 g/mol. The Labute approximate surface area is 216 Å². The van der Waals surface area contributed by atoms with Crippen molar-refractivity contribution in [2.24, 2.45) is 11.5 Å². The summed E-state index contributed by atoms with van der Waals surface area (Å²) in [7, 11) is 14.3. The molecule has 0 atom stereocenters. The van der Waals surface area contributed by atoms with Crippen LogP contribution in [0.2, 0.25) is 0 Å². The van der Waals surface area contributed by atoms with Gasteiger partial charge in [0.2, 0.25) is 0 Å². The van der Waals surface area contributed by atoms with Gasteiger partial charge >= 0.3 is 0 Å². The molecule has 0 heterocycles. The highest BCUT2D eigenvalue weighted by Crippen LogP contribution is 1.80. The largest absolute Gasteiger partial charge is 0.516 e. The molecule has 34 heavy (non-hydrogen) atoms. The minimum absolute atomic E-state index is 0.594. The normalized spacial score (nSPS) is 8.82. The van der Waals surface area contributed by atoms with Crippen LogP contribution in [0.1, 0.15) is 54.9 Å². The SMILES string of the molecule is C=CO.CCC.CCN.CCN(C)C.CCN(C)CN(C)C.CCNCN.CCOCN(C)C. The molecule has 0 rings (SSSR count). The number of rotatable bonds is 9. The number of aliphatic hydroxyl groups is 1. The van der Waals surface area contributed by atoms with E-state index in [2.05, 4.69) is 89.5 Å². The molecule has 0 unspecified atom stereocenters. The molecule has 0 saturated heterocycles. The topological polar surface area (TPSA) is 106 Å². The van der Waals surface area contributed by atoms with Gasteiger partial charge in [0.1, 0.15) is 0 Å². The van der Waals surface area contributed by atoms with E-state index in [9.17, 15) is 0 Å². The van der Waals surface area contributed by atoms with Crippen molar-refractivity contribution in [1.82, 2.24) is 24.9 Å². The number of nitrogens with two attached hydrogens (primary N) is 2. The van der Waals surface area contributed by atoms with Crippen LogP contribution in [0.5, 0.6) is 0 Å². The molecule has 0 aromatic rings. The summed E-state index contributed by atoms with van der Waals surface area (Å²) < 4.78 is 5.02. The molecule has 0 aromatic heterocycles. The summed E-state index contributed by atoms with van der Waals surface area (Å²) in [5.41, 5.74) is 9.88. The smallest absolute Gasteiger partial charge is 0.0985 e. The van der Waals surface area contributed by atoms with E-state index in [4.69, 9.17) is 21.3 Å². The molecule has 0 aromatic carbocycles. The molecule has 9 nitrogen and oxygen atoms in total. The standard InChI is InChI=1S/C6H16N2.C5H13NO.C4H11N.C3H10N2.C3H8.C2H7N.C2H4O/c1-5-8(4)6-7(2)3;1-4-7-5-6(2)3;1-4-5(2)3;1-2-5-3-4;1-3-2;2*1-2-3/h5-6H2,1-4H3;4-5H2,1-3H3;4H2,1-3H3;5H,2-4H2,1H3;3H2,1-2H3;2-3H2,1H3;2-3H,1H2. The van der Waals surface area contributed by atoms with Crippen LogP contribution < -0.4 is 16.8 Å². The van der Waals surface area contributed by atoms with Crippen LogP contribution in [0.25, 0.3) is 0 Å². The molecule has 0 bridgehead atoms. The molecule has 9 heteroatoms. The second-order valence-electron chi connectivity index (χ2n) is 7.60. The lowest BCUT2D eigenvalue weighted by Gasteiger charge is -2.18. The van der Waals surface area contributed by atoms with Crippen LogP contribution in [0.4, 0.5) is 0 Å². The second kappa shape index (κ2) is 58.2. The van der Waals surface area contributed by atoms with Crippen LogP contribution in [-0.2, 0) is 4.74 Å². The first kappa shape index (κ1) is 50.2. The Hall–Kier alpha value is -0.780. The van der Waals surface area contributed by atoms with E-state index in [1.165, 1.54) is 6.42 Å². The van der Waals surface area contributed by atoms with Crippen molar-refractivity contribution in [3.05, 3.63) is 12.8 Å². The summed E-state index contributed by atoms with van der Waals surface area (Å²) in [5.74, 6) is 0. The Kier molecular flexibility index (Phi) is 85.9. The zero-order chi connectivity index (χ0) is 28.8. The van der Waals surface area contributed by atoms with Crippen molar-refractivity contribution in [1.29, 1.82) is 0 Å². The number of hydrogen-bond donors (Lipinski definition) is 4. The van der Waals surface area contributed by atoms with E-state index in [0.29, 0.717) is 6.67 Å². The van der Waals surface area contributed by atoms with Crippen LogP contribution >= 0.6 is 0 Å². The van der Waals surface area contributed by atoms with Crippen molar-refractivity contribution < 1.29 is 9.84 Å². The molecule has 0 radical (unpaired) electrons. The first-order valence-electron chi connectivity index (χ1n) is 12.4. The fraction of sp³-hybridized carbons (Fsp3) is 0.920. The molecule has 0 aliphatic rings. The van der Waals surface area contributed by atoms with Crippen molar-refractivity contribution in [3.63, 3.8) is 0 Å². The molecule has 6 N–H and O–H groups in total.